The smallest absolute Gasteiger partial charge is 0.101 e. The molecule has 1 aromatic carbocycles. The maximum absolute atomic E-state index is 10.2. The van der Waals surface area contributed by atoms with Gasteiger partial charge in [0.2, 0.25) is 0 Å². The van der Waals surface area contributed by atoms with Gasteiger partial charge in [-0.3, -0.25) is 0 Å². The predicted octanol–water partition coefficient (Wildman–Crippen LogP) is 9.14. The van der Waals surface area contributed by atoms with Crippen LogP contribution in [-0.4, -0.2) is 0 Å². The van der Waals surface area contributed by atoms with E-state index >= 15 is 0 Å². The maximum Gasteiger partial charge on any atom is 0.101 e. The van der Waals surface area contributed by atoms with E-state index in [1.807, 2.05) is 0 Å². The summed E-state index contributed by atoms with van der Waals surface area (Å²) in [6.45, 7) is 4.60. The highest BCUT2D eigenvalue weighted by Crippen LogP contribution is 2.60. The molecular formula is C32H46N2. The second-order valence-corrected chi connectivity index (χ2v) is 12.2. The Morgan fingerprint density at radius 1 is 0.765 bits per heavy atom. The zero-order valence-corrected chi connectivity index (χ0v) is 21.9. The summed E-state index contributed by atoms with van der Waals surface area (Å²) < 4.78 is 0. The van der Waals surface area contributed by atoms with Gasteiger partial charge in [0.25, 0.3) is 0 Å². The largest absolute Gasteiger partial charge is 0.192 e. The highest BCUT2D eigenvalue weighted by molar-refractivity contribution is 5.57. The van der Waals surface area contributed by atoms with Crippen LogP contribution >= 0.6 is 0 Å². The Hall–Kier alpha value is -1.80. The first-order valence-electron chi connectivity index (χ1n) is 14.6. The van der Waals surface area contributed by atoms with Crippen LogP contribution in [0.1, 0.15) is 145 Å². The normalized spacial score (nSPS) is 30.6. The van der Waals surface area contributed by atoms with E-state index in [9.17, 15) is 10.5 Å². The number of benzene rings is 1. The van der Waals surface area contributed by atoms with Gasteiger partial charge in [0, 0.05) is 0 Å². The van der Waals surface area contributed by atoms with Crippen LogP contribution in [0.25, 0.3) is 0 Å². The van der Waals surface area contributed by atoms with Crippen molar-refractivity contribution >= 4 is 0 Å². The average molecular weight is 459 g/mol. The first kappa shape index (κ1) is 25.3. The van der Waals surface area contributed by atoms with Gasteiger partial charge >= 0.3 is 0 Å². The van der Waals surface area contributed by atoms with E-state index in [2.05, 4.69) is 38.1 Å². The minimum Gasteiger partial charge on any atom is -0.192 e. The lowest BCUT2D eigenvalue weighted by atomic mass is 9.50. The second-order valence-electron chi connectivity index (χ2n) is 12.2. The fourth-order valence-electron chi connectivity index (χ4n) is 7.91. The Kier molecular flexibility index (Phi) is 8.40. The lowest BCUT2D eigenvalue weighted by molar-refractivity contribution is 0.0304. The molecule has 0 radical (unpaired) electrons. The van der Waals surface area contributed by atoms with Crippen LogP contribution in [-0.2, 0) is 11.8 Å². The van der Waals surface area contributed by atoms with Crippen molar-refractivity contribution in [2.45, 2.75) is 135 Å². The number of aryl methyl sites for hydroxylation is 1. The molecule has 2 bridgehead atoms. The fourth-order valence-corrected chi connectivity index (χ4v) is 7.91. The monoisotopic (exact) mass is 458 g/mol. The Balaban J connectivity index is 1.45. The number of unbranched alkanes of at least 4 members (excludes halogenated alkanes) is 2. The third-order valence-corrected chi connectivity index (χ3v) is 10.3. The summed E-state index contributed by atoms with van der Waals surface area (Å²) in [6, 6.07) is 9.49. The van der Waals surface area contributed by atoms with E-state index in [0.29, 0.717) is 16.5 Å². The third-order valence-electron chi connectivity index (χ3n) is 10.3. The molecule has 4 saturated carbocycles. The van der Waals surface area contributed by atoms with E-state index < -0.39 is 0 Å². The summed E-state index contributed by atoms with van der Waals surface area (Å²) in [4.78, 5) is 0. The van der Waals surface area contributed by atoms with Crippen LogP contribution in [0.15, 0.2) is 12.1 Å². The van der Waals surface area contributed by atoms with Crippen molar-refractivity contribution in [2.24, 2.45) is 17.3 Å². The summed E-state index contributed by atoms with van der Waals surface area (Å²) in [5.74, 6) is 1.73. The van der Waals surface area contributed by atoms with E-state index in [-0.39, 0.29) is 5.41 Å². The molecule has 5 rings (SSSR count). The number of fused-ring (bicyclic) bond motifs is 3. The van der Waals surface area contributed by atoms with Crippen molar-refractivity contribution < 1.29 is 0 Å². The average Bonchev–Trinajstić information content (AvgIpc) is 2.89. The zero-order chi connectivity index (χ0) is 24.0. The van der Waals surface area contributed by atoms with Crippen molar-refractivity contribution in [1.82, 2.24) is 0 Å². The molecule has 184 valence electrons. The van der Waals surface area contributed by atoms with Crippen LogP contribution in [0.5, 0.6) is 0 Å². The predicted molar refractivity (Wildman–Crippen MR) is 141 cm³/mol. The van der Waals surface area contributed by atoms with Crippen molar-refractivity contribution in [3.05, 3.63) is 34.4 Å². The highest BCUT2D eigenvalue weighted by atomic mass is 14.5. The number of hydrogen-bond acceptors (Lipinski definition) is 2. The molecule has 0 aromatic heterocycles. The molecule has 0 amide bonds. The van der Waals surface area contributed by atoms with Gasteiger partial charge in [-0.05, 0) is 91.6 Å². The van der Waals surface area contributed by atoms with Gasteiger partial charge < -0.3 is 0 Å². The first-order valence-corrected chi connectivity index (χ1v) is 14.6. The zero-order valence-electron chi connectivity index (χ0n) is 21.9. The van der Waals surface area contributed by atoms with E-state index in [1.165, 1.54) is 115 Å². The van der Waals surface area contributed by atoms with Crippen LogP contribution in [0.3, 0.4) is 0 Å². The molecule has 4 fully saturated rings. The summed E-state index contributed by atoms with van der Waals surface area (Å²) >= 11 is 0. The van der Waals surface area contributed by atoms with Crippen molar-refractivity contribution in [1.29, 1.82) is 10.5 Å². The summed E-state index contributed by atoms with van der Waals surface area (Å²) in [5, 5.41) is 20.3. The quantitative estimate of drug-likeness (QED) is 0.328. The molecule has 0 spiro atoms. The van der Waals surface area contributed by atoms with Crippen LogP contribution in [0, 0.1) is 39.9 Å². The van der Waals surface area contributed by atoms with Crippen LogP contribution in [0.2, 0.25) is 0 Å². The lowest BCUT2D eigenvalue weighted by Gasteiger charge is -2.54. The van der Waals surface area contributed by atoms with Crippen LogP contribution in [0.4, 0.5) is 0 Å². The van der Waals surface area contributed by atoms with Gasteiger partial charge in [0.05, 0.1) is 11.1 Å². The second kappa shape index (κ2) is 11.3. The molecule has 0 aliphatic heterocycles. The van der Waals surface area contributed by atoms with Gasteiger partial charge in [-0.1, -0.05) is 83.8 Å². The minimum absolute atomic E-state index is 0.138. The maximum atomic E-state index is 10.2. The van der Waals surface area contributed by atoms with Gasteiger partial charge in [0.15, 0.2) is 0 Å². The summed E-state index contributed by atoms with van der Waals surface area (Å²) in [7, 11) is 0. The number of rotatable bonds is 10. The Morgan fingerprint density at radius 2 is 1.38 bits per heavy atom. The van der Waals surface area contributed by atoms with Gasteiger partial charge in [-0.15, -0.1) is 0 Å². The number of hydrogen-bond donors (Lipinski definition) is 0. The molecule has 0 unspecified atom stereocenters. The molecule has 0 atom stereocenters. The fraction of sp³-hybridized carbons (Fsp3) is 0.750. The van der Waals surface area contributed by atoms with Crippen molar-refractivity contribution in [2.75, 3.05) is 0 Å². The van der Waals surface area contributed by atoms with E-state index in [1.54, 1.807) is 0 Å². The molecular weight excluding hydrogens is 412 g/mol. The van der Waals surface area contributed by atoms with Gasteiger partial charge in [-0.2, -0.15) is 10.5 Å². The molecule has 0 N–H and O–H groups in total. The molecule has 34 heavy (non-hydrogen) atoms. The molecule has 0 saturated heterocycles. The number of nitriles is 2. The lowest BCUT2D eigenvalue weighted by Crippen LogP contribution is -2.44. The van der Waals surface area contributed by atoms with E-state index in [0.717, 1.165) is 23.8 Å². The van der Waals surface area contributed by atoms with Crippen molar-refractivity contribution in [3.8, 4) is 12.1 Å². The van der Waals surface area contributed by atoms with E-state index in [4.69, 9.17) is 0 Å². The highest BCUT2D eigenvalue weighted by Gasteiger charge is 2.49. The first-order chi connectivity index (χ1) is 16.6. The molecule has 4 aliphatic rings. The van der Waals surface area contributed by atoms with Crippen LogP contribution < -0.4 is 0 Å². The van der Waals surface area contributed by atoms with Gasteiger partial charge in [-0.25, -0.2) is 0 Å². The standard InChI is InChI=1S/C32H46N2/c1-3-5-6-16-31-17-20-32(21-18-31,22-19-31)30-15-14-27(28(23-33)29(30)24-34)13-12-26-10-8-25(7-4-2)9-11-26/h14-15,25-26H,3-13,16-22H2,1-2H3/t25-,26-,31?,32?. The Labute approximate surface area is 209 Å². The Bertz CT molecular complexity index is 882. The topological polar surface area (TPSA) is 47.6 Å². The third kappa shape index (κ3) is 5.23. The van der Waals surface area contributed by atoms with Crippen molar-refractivity contribution in [3.63, 3.8) is 0 Å². The molecule has 0 heterocycles. The SMILES string of the molecule is CCCCCC12CCC(c3ccc(CC[C@H]4CC[C@H](CCC)CC4)c(C#N)c3C#N)(CC1)CC2. The molecule has 1 aromatic rings. The minimum atomic E-state index is 0.138. The molecule has 2 heteroatoms. The summed E-state index contributed by atoms with van der Waals surface area (Å²) in [6.07, 6.45) is 23.3. The molecule has 4 aliphatic carbocycles. The van der Waals surface area contributed by atoms with Gasteiger partial charge in [0.1, 0.15) is 12.1 Å². The molecule has 2 nitrogen and oxygen atoms in total. The Morgan fingerprint density at radius 3 is 1.94 bits per heavy atom. The number of nitrogens with zero attached hydrogens (tertiary/aromatic N) is 2. The summed E-state index contributed by atoms with van der Waals surface area (Å²) in [5.41, 5.74) is 4.44.